The molecule has 4 atom stereocenters. The number of anilines is 1. The zero-order valence-electron chi connectivity index (χ0n) is 25.1. The third-order valence-corrected chi connectivity index (χ3v) is 11.0. The van der Waals surface area contributed by atoms with Crippen LogP contribution >= 0.6 is 25.3 Å². The second kappa shape index (κ2) is 14.4. The number of sulfonamides is 1. The molecule has 0 aliphatic carbocycles. The maximum atomic E-state index is 13.9. The predicted molar refractivity (Wildman–Crippen MR) is 180 cm³/mol. The highest BCUT2D eigenvalue weighted by Gasteiger charge is 2.62. The summed E-state index contributed by atoms with van der Waals surface area (Å²) < 4.78 is 34.8. The maximum absolute atomic E-state index is 13.9. The summed E-state index contributed by atoms with van der Waals surface area (Å²) >= 11 is 8.80. The van der Waals surface area contributed by atoms with Gasteiger partial charge in [0, 0.05) is 13.5 Å². The van der Waals surface area contributed by atoms with Crippen molar-refractivity contribution < 1.29 is 22.7 Å². The lowest BCUT2D eigenvalue weighted by atomic mass is 9.73. The molecular formula is C32H40N4O5S3. The van der Waals surface area contributed by atoms with Gasteiger partial charge >= 0.3 is 0 Å². The third-order valence-electron chi connectivity index (χ3n) is 8.25. The third kappa shape index (κ3) is 6.36. The van der Waals surface area contributed by atoms with Crippen molar-refractivity contribution >= 4 is 53.2 Å². The largest absolute Gasteiger partial charge is 0.497 e. The van der Waals surface area contributed by atoms with E-state index in [-0.39, 0.29) is 16.2 Å². The summed E-state index contributed by atoms with van der Waals surface area (Å²) in [6.07, 6.45) is 2.57. The molecule has 0 radical (unpaired) electrons. The minimum absolute atomic E-state index is 0.0890. The number of likely N-dealkylation sites (N-methyl/N-ethyl adjacent to an activating group) is 1. The van der Waals surface area contributed by atoms with Crippen molar-refractivity contribution in [2.45, 2.75) is 53.4 Å². The van der Waals surface area contributed by atoms with E-state index in [4.69, 9.17) is 23.1 Å². The molecule has 236 valence electrons. The standard InChI is InChI=1S/C24H24N2O3S2.C8H16N2O2S/c1-25-22(30)16-24(17-12-14-18(29-2)15-13-17)20-10-6-7-11-21(20)26(23(24)25)31(27,28)19-8-4-3-5-9-19;1-7(12)10(8(13)6-11)5-3-2-4-9/h3-15,22-23,30H,16H2,1-2H3;6,8,13H,2-5,9H2,1H3/t22?,23?,24-;/m0./s1. The molecule has 12 heteroatoms. The second-order valence-corrected chi connectivity index (χ2v) is 13.8. The predicted octanol–water partition coefficient (Wildman–Crippen LogP) is 4.14. The first-order valence-corrected chi connectivity index (χ1v) is 16.9. The number of unbranched alkanes of at least 4 members (excludes halogenated alkanes) is 1. The van der Waals surface area contributed by atoms with Gasteiger partial charge in [0.05, 0.1) is 28.5 Å². The molecule has 2 N–H and O–H groups in total. The number of hydrogen-bond acceptors (Lipinski definition) is 9. The maximum Gasteiger partial charge on any atom is 0.265 e. The van der Waals surface area contributed by atoms with Crippen molar-refractivity contribution in [3.8, 4) is 5.75 Å². The first kappa shape index (κ1) is 33.9. The summed E-state index contributed by atoms with van der Waals surface area (Å²) in [7, 11) is -0.196. The number of ether oxygens (including phenoxy) is 1. The summed E-state index contributed by atoms with van der Waals surface area (Å²) in [5, 5.41) is -0.718. The molecular weight excluding hydrogens is 617 g/mol. The topological polar surface area (TPSA) is 113 Å². The normalized spacial score (nSPS) is 21.5. The first-order valence-electron chi connectivity index (χ1n) is 14.4. The Hall–Kier alpha value is -3.03. The van der Waals surface area contributed by atoms with Gasteiger partial charge in [0.1, 0.15) is 17.3 Å². The zero-order valence-corrected chi connectivity index (χ0v) is 27.7. The molecule has 1 saturated heterocycles. The number of methoxy groups -OCH3 is 1. The molecule has 0 spiro atoms. The van der Waals surface area contributed by atoms with Gasteiger partial charge in [-0.1, -0.05) is 48.5 Å². The number of para-hydroxylation sites is 1. The van der Waals surface area contributed by atoms with E-state index in [9.17, 15) is 18.0 Å². The van der Waals surface area contributed by atoms with Crippen molar-refractivity contribution in [2.24, 2.45) is 5.73 Å². The Balaban J connectivity index is 0.000000289. The van der Waals surface area contributed by atoms with Crippen LogP contribution in [0.3, 0.4) is 0 Å². The summed E-state index contributed by atoms with van der Waals surface area (Å²) in [6.45, 7) is 2.57. The molecule has 5 rings (SSSR count). The number of hydrogen-bond donors (Lipinski definition) is 3. The lowest BCUT2D eigenvalue weighted by molar-refractivity contribution is -0.131. The quantitative estimate of drug-likeness (QED) is 0.130. The molecule has 0 saturated carbocycles. The van der Waals surface area contributed by atoms with Crippen molar-refractivity contribution in [2.75, 3.05) is 31.6 Å². The van der Waals surface area contributed by atoms with Gasteiger partial charge in [-0.25, -0.2) is 12.7 Å². The van der Waals surface area contributed by atoms with E-state index in [0.717, 1.165) is 35.4 Å². The number of carbonyl (C=O) groups excluding carboxylic acids is 2. The van der Waals surface area contributed by atoms with E-state index in [1.54, 1.807) is 35.7 Å². The molecule has 44 heavy (non-hydrogen) atoms. The Morgan fingerprint density at radius 2 is 1.73 bits per heavy atom. The first-order chi connectivity index (χ1) is 21.0. The average molecular weight is 657 g/mol. The average Bonchev–Trinajstić information content (AvgIpc) is 3.48. The summed E-state index contributed by atoms with van der Waals surface area (Å²) in [5.74, 6) is 0.634. The number of nitrogens with two attached hydrogens (primary N) is 1. The summed E-state index contributed by atoms with van der Waals surface area (Å²) in [5.41, 5.74) is 7.56. The Labute approximate surface area is 271 Å². The van der Waals surface area contributed by atoms with Crippen molar-refractivity contribution in [1.82, 2.24) is 9.80 Å². The van der Waals surface area contributed by atoms with Gasteiger partial charge in [-0.05, 0) is 74.3 Å². The van der Waals surface area contributed by atoms with Crippen LogP contribution in [0.2, 0.25) is 0 Å². The molecule has 3 aromatic carbocycles. The van der Waals surface area contributed by atoms with Gasteiger partial charge in [0.25, 0.3) is 10.0 Å². The number of fused-ring (bicyclic) bond motifs is 3. The molecule has 1 fully saturated rings. The molecule has 2 heterocycles. The van der Waals surface area contributed by atoms with Crippen LogP contribution in [-0.4, -0.2) is 74.6 Å². The lowest BCUT2D eigenvalue weighted by Gasteiger charge is -2.36. The molecule has 0 bridgehead atoms. The number of benzene rings is 3. The van der Waals surface area contributed by atoms with Gasteiger partial charge in [0.2, 0.25) is 5.91 Å². The van der Waals surface area contributed by atoms with Gasteiger partial charge < -0.3 is 20.2 Å². The lowest BCUT2D eigenvalue weighted by Crippen LogP contribution is -2.51. The van der Waals surface area contributed by atoms with Gasteiger partial charge in [0.15, 0.2) is 6.29 Å². The monoisotopic (exact) mass is 656 g/mol. The van der Waals surface area contributed by atoms with E-state index in [2.05, 4.69) is 17.5 Å². The van der Waals surface area contributed by atoms with Crippen LogP contribution in [0.5, 0.6) is 5.75 Å². The highest BCUT2D eigenvalue weighted by Crippen LogP contribution is 2.58. The van der Waals surface area contributed by atoms with Crippen LogP contribution in [0.4, 0.5) is 5.69 Å². The number of thiol groups is 2. The minimum atomic E-state index is -3.79. The van der Waals surface area contributed by atoms with Crippen LogP contribution in [0.25, 0.3) is 0 Å². The number of rotatable bonds is 10. The smallest absolute Gasteiger partial charge is 0.265 e. The van der Waals surface area contributed by atoms with Crippen LogP contribution in [0.15, 0.2) is 83.8 Å². The number of aldehydes is 1. The van der Waals surface area contributed by atoms with E-state index in [1.165, 1.54) is 11.8 Å². The van der Waals surface area contributed by atoms with E-state index in [0.29, 0.717) is 25.8 Å². The van der Waals surface area contributed by atoms with Crippen molar-refractivity contribution in [1.29, 1.82) is 0 Å². The highest BCUT2D eigenvalue weighted by atomic mass is 32.2. The minimum Gasteiger partial charge on any atom is -0.497 e. The second-order valence-electron chi connectivity index (χ2n) is 10.8. The number of amides is 1. The van der Waals surface area contributed by atoms with Crippen molar-refractivity contribution in [3.63, 3.8) is 0 Å². The molecule has 3 unspecified atom stereocenters. The molecule has 0 aromatic heterocycles. The fraction of sp³-hybridized carbons (Fsp3) is 0.375. The van der Waals surface area contributed by atoms with Gasteiger partial charge in [-0.3, -0.25) is 9.69 Å². The Morgan fingerprint density at radius 1 is 1.09 bits per heavy atom. The van der Waals surface area contributed by atoms with Gasteiger partial charge in [-0.2, -0.15) is 12.6 Å². The SMILES string of the molecule is CC(=O)N(CCCCN)C(S)C=O.COc1ccc([C@]23CC(S)N(C)C2N(S(=O)(=O)c2ccccc2)c2ccccc23)cc1. The number of carbonyl (C=O) groups is 2. The fourth-order valence-electron chi connectivity index (χ4n) is 6.09. The summed E-state index contributed by atoms with van der Waals surface area (Å²) in [6, 6.07) is 24.4. The van der Waals surface area contributed by atoms with Crippen LogP contribution < -0.4 is 14.8 Å². The van der Waals surface area contributed by atoms with Gasteiger partial charge in [-0.15, -0.1) is 12.6 Å². The Morgan fingerprint density at radius 3 is 2.32 bits per heavy atom. The number of nitrogens with zero attached hydrogens (tertiary/aromatic N) is 3. The van der Waals surface area contributed by atoms with E-state index < -0.39 is 27.0 Å². The van der Waals surface area contributed by atoms with E-state index in [1.807, 2.05) is 61.6 Å². The Bertz CT molecular complexity index is 1540. The molecule has 2 aliphatic rings. The van der Waals surface area contributed by atoms with Crippen LogP contribution in [0.1, 0.15) is 37.3 Å². The van der Waals surface area contributed by atoms with Crippen LogP contribution in [0, 0.1) is 0 Å². The highest BCUT2D eigenvalue weighted by molar-refractivity contribution is 7.93. The molecule has 9 nitrogen and oxygen atoms in total. The summed E-state index contributed by atoms with van der Waals surface area (Å²) in [4.78, 5) is 25.2. The van der Waals surface area contributed by atoms with E-state index >= 15 is 0 Å². The van der Waals surface area contributed by atoms with Crippen molar-refractivity contribution in [3.05, 3.63) is 90.0 Å². The Kier molecular flexibility index (Phi) is 11.1. The number of likely N-dealkylation sites (tertiary alicyclic amines) is 1. The molecule has 2 aliphatic heterocycles. The molecule has 3 aromatic rings. The van der Waals surface area contributed by atoms with Crippen LogP contribution in [-0.2, 0) is 25.0 Å². The molecule has 1 amide bonds. The zero-order chi connectivity index (χ0) is 32.1. The fourth-order valence-corrected chi connectivity index (χ4v) is 8.52.